The van der Waals surface area contributed by atoms with E-state index in [1.807, 2.05) is 36.4 Å². The number of hydrogen-bond donors (Lipinski definition) is 2. The lowest BCUT2D eigenvalue weighted by Gasteiger charge is -2.32. The van der Waals surface area contributed by atoms with E-state index in [4.69, 9.17) is 9.40 Å². The second-order valence-corrected chi connectivity index (χ2v) is 8.52. The summed E-state index contributed by atoms with van der Waals surface area (Å²) in [6.45, 7) is 3.72. The summed E-state index contributed by atoms with van der Waals surface area (Å²) in [6, 6.07) is 15.9. The minimum Gasteiger partial charge on any atom is -0.463 e. The molecule has 0 atom stereocenters. The van der Waals surface area contributed by atoms with Crippen LogP contribution in [-0.4, -0.2) is 63.3 Å². The fraction of sp³-hybridized carbons (Fsp3) is 0.273. The fourth-order valence-corrected chi connectivity index (χ4v) is 4.18. The zero-order chi connectivity index (χ0) is 21.8. The number of nitrogens with zero attached hydrogens (tertiary/aromatic N) is 6. The zero-order valence-corrected chi connectivity index (χ0v) is 18.5. The molecule has 10 heteroatoms. The molecule has 32 heavy (non-hydrogen) atoms. The summed E-state index contributed by atoms with van der Waals surface area (Å²) < 4.78 is 5.43. The Bertz CT molecular complexity index is 1140. The molecule has 1 fully saturated rings. The minimum absolute atomic E-state index is 0.474. The maximum atomic E-state index is 5.43. The fourth-order valence-electron chi connectivity index (χ4n) is 3.39. The number of likely N-dealkylation sites (N-methyl/N-ethyl adjacent to an activating group) is 1. The lowest BCUT2D eigenvalue weighted by atomic mass is 10.2. The van der Waals surface area contributed by atoms with Gasteiger partial charge in [0.05, 0.1) is 6.26 Å². The molecule has 1 aliphatic rings. The molecule has 2 N–H and O–H groups in total. The monoisotopic (exact) mass is 448 g/mol. The lowest BCUT2D eigenvalue weighted by Crippen LogP contribution is -2.45. The molecule has 0 saturated carbocycles. The number of benzene rings is 1. The van der Waals surface area contributed by atoms with Gasteiger partial charge in [-0.15, -0.1) is 0 Å². The third kappa shape index (κ3) is 4.92. The Labute approximate surface area is 190 Å². The summed E-state index contributed by atoms with van der Waals surface area (Å²) in [5.74, 6) is 3.29. The molecule has 0 aliphatic carbocycles. The first kappa shape index (κ1) is 20.5. The van der Waals surface area contributed by atoms with Crippen molar-refractivity contribution in [2.24, 2.45) is 0 Å². The number of hydrogen-bond acceptors (Lipinski definition) is 9. The molecule has 164 valence electrons. The van der Waals surface area contributed by atoms with Gasteiger partial charge in [0.25, 0.3) is 0 Å². The Morgan fingerprint density at radius 2 is 1.88 bits per heavy atom. The first-order valence-corrected chi connectivity index (χ1v) is 11.4. The quantitative estimate of drug-likeness (QED) is 0.411. The minimum atomic E-state index is 0.474. The number of nitrogens with one attached hydrogen (secondary N) is 2. The van der Waals surface area contributed by atoms with E-state index in [1.165, 1.54) is 5.56 Å². The number of furan rings is 1. The summed E-state index contributed by atoms with van der Waals surface area (Å²) in [4.78, 5) is 18.6. The Morgan fingerprint density at radius 3 is 2.66 bits per heavy atom. The van der Waals surface area contributed by atoms with E-state index in [2.05, 4.69) is 54.5 Å². The summed E-state index contributed by atoms with van der Waals surface area (Å²) in [5, 5.41) is 11.2. The van der Waals surface area contributed by atoms with Gasteiger partial charge in [-0.3, -0.25) is 5.10 Å². The summed E-state index contributed by atoms with van der Waals surface area (Å²) in [7, 11) is 2.13. The van der Waals surface area contributed by atoms with Crippen molar-refractivity contribution >= 4 is 29.5 Å². The second-order valence-electron chi connectivity index (χ2n) is 7.58. The van der Waals surface area contributed by atoms with Crippen molar-refractivity contribution in [1.82, 2.24) is 30.0 Å². The number of anilines is 3. The number of aromatic amines is 1. The Hall–Kier alpha value is -3.37. The molecule has 1 aromatic carbocycles. The van der Waals surface area contributed by atoms with Gasteiger partial charge in [-0.25, -0.2) is 0 Å². The van der Waals surface area contributed by atoms with Crippen LogP contribution in [0.1, 0.15) is 5.56 Å². The van der Waals surface area contributed by atoms with Crippen molar-refractivity contribution < 1.29 is 4.42 Å². The van der Waals surface area contributed by atoms with Crippen LogP contribution < -0.4 is 10.2 Å². The average Bonchev–Trinajstić information content (AvgIpc) is 3.51. The molecule has 5 rings (SSSR count). The number of thioether (sulfide) groups is 1. The van der Waals surface area contributed by atoms with Crippen molar-refractivity contribution in [2.45, 2.75) is 10.9 Å². The summed E-state index contributed by atoms with van der Waals surface area (Å²) in [5.41, 5.74) is 2.01. The molecule has 0 amide bonds. The lowest BCUT2D eigenvalue weighted by molar-refractivity contribution is 0.311. The molecular formula is C22H24N8OS. The van der Waals surface area contributed by atoms with Gasteiger partial charge in [-0.1, -0.05) is 42.1 Å². The molecule has 9 nitrogen and oxygen atoms in total. The highest BCUT2D eigenvalue weighted by molar-refractivity contribution is 7.98. The van der Waals surface area contributed by atoms with E-state index in [1.54, 1.807) is 18.0 Å². The van der Waals surface area contributed by atoms with E-state index in [0.29, 0.717) is 22.9 Å². The number of piperazine rings is 1. The Kier molecular flexibility index (Phi) is 6.04. The Balaban J connectivity index is 1.38. The third-order valence-electron chi connectivity index (χ3n) is 5.20. The molecule has 0 unspecified atom stereocenters. The summed E-state index contributed by atoms with van der Waals surface area (Å²) in [6.07, 6.45) is 1.63. The standard InChI is InChI=1S/C22H24N8OS/c1-29-9-11-30(12-10-29)21-24-20(23-19-14-17(27-28-19)18-8-5-13-31-18)25-22(26-21)32-15-16-6-3-2-4-7-16/h2-8,13-14H,9-12,15H2,1H3,(H2,23,24,25,26,27,28). The summed E-state index contributed by atoms with van der Waals surface area (Å²) >= 11 is 1.60. The molecular weight excluding hydrogens is 424 g/mol. The van der Waals surface area contributed by atoms with Gasteiger partial charge in [0.15, 0.2) is 16.7 Å². The van der Waals surface area contributed by atoms with Gasteiger partial charge in [-0.05, 0) is 24.7 Å². The molecule has 0 bridgehead atoms. The van der Waals surface area contributed by atoms with Crippen LogP contribution in [0, 0.1) is 0 Å². The predicted octanol–water partition coefficient (Wildman–Crippen LogP) is 3.64. The molecule has 4 aromatic rings. The second kappa shape index (κ2) is 9.41. The van der Waals surface area contributed by atoms with Crippen molar-refractivity contribution in [2.75, 3.05) is 43.4 Å². The predicted molar refractivity (Wildman–Crippen MR) is 125 cm³/mol. The van der Waals surface area contributed by atoms with E-state index in [-0.39, 0.29) is 0 Å². The molecule has 0 radical (unpaired) electrons. The normalized spacial score (nSPS) is 14.6. The molecule has 0 spiro atoms. The van der Waals surface area contributed by atoms with Crippen LogP contribution in [0.5, 0.6) is 0 Å². The van der Waals surface area contributed by atoms with E-state index in [9.17, 15) is 0 Å². The van der Waals surface area contributed by atoms with Crippen molar-refractivity contribution in [3.05, 3.63) is 60.4 Å². The van der Waals surface area contributed by atoms with Crippen LogP contribution in [0.3, 0.4) is 0 Å². The van der Waals surface area contributed by atoms with Gasteiger partial charge >= 0.3 is 0 Å². The highest BCUT2D eigenvalue weighted by atomic mass is 32.2. The van der Waals surface area contributed by atoms with Crippen molar-refractivity contribution in [3.8, 4) is 11.5 Å². The zero-order valence-electron chi connectivity index (χ0n) is 17.7. The first-order chi connectivity index (χ1) is 15.7. The van der Waals surface area contributed by atoms with Gasteiger partial charge in [0.2, 0.25) is 11.9 Å². The highest BCUT2D eigenvalue weighted by Crippen LogP contribution is 2.25. The highest BCUT2D eigenvalue weighted by Gasteiger charge is 2.19. The van der Waals surface area contributed by atoms with Crippen LogP contribution in [0.15, 0.2) is 64.4 Å². The number of H-pyrrole nitrogens is 1. The smallest absolute Gasteiger partial charge is 0.234 e. The van der Waals surface area contributed by atoms with Crippen LogP contribution in [0.25, 0.3) is 11.5 Å². The van der Waals surface area contributed by atoms with Crippen LogP contribution in [0.4, 0.5) is 17.7 Å². The van der Waals surface area contributed by atoms with Crippen LogP contribution in [-0.2, 0) is 5.75 Å². The SMILES string of the molecule is CN1CCN(c2nc(Nc3cc(-c4ccco4)[nH]n3)nc(SCc3ccccc3)n2)CC1. The Morgan fingerprint density at radius 1 is 1.03 bits per heavy atom. The third-order valence-corrected chi connectivity index (χ3v) is 6.12. The number of aromatic nitrogens is 5. The molecule has 1 aliphatic heterocycles. The largest absolute Gasteiger partial charge is 0.463 e. The van der Waals surface area contributed by atoms with E-state index < -0.39 is 0 Å². The van der Waals surface area contributed by atoms with Gasteiger partial charge in [0.1, 0.15) is 5.69 Å². The van der Waals surface area contributed by atoms with E-state index >= 15 is 0 Å². The molecule has 1 saturated heterocycles. The van der Waals surface area contributed by atoms with Crippen molar-refractivity contribution in [3.63, 3.8) is 0 Å². The molecule has 3 aromatic heterocycles. The average molecular weight is 449 g/mol. The van der Waals surface area contributed by atoms with Crippen molar-refractivity contribution in [1.29, 1.82) is 0 Å². The van der Waals surface area contributed by atoms with Gasteiger partial charge in [0, 0.05) is 38.0 Å². The van der Waals surface area contributed by atoms with Gasteiger partial charge < -0.3 is 19.5 Å². The first-order valence-electron chi connectivity index (χ1n) is 10.5. The van der Waals surface area contributed by atoms with Gasteiger partial charge in [-0.2, -0.15) is 20.1 Å². The maximum Gasteiger partial charge on any atom is 0.234 e. The maximum absolute atomic E-state index is 5.43. The number of rotatable bonds is 7. The van der Waals surface area contributed by atoms with Crippen LogP contribution >= 0.6 is 11.8 Å². The van der Waals surface area contributed by atoms with E-state index in [0.717, 1.165) is 43.4 Å². The van der Waals surface area contributed by atoms with Crippen LogP contribution in [0.2, 0.25) is 0 Å². The molecule has 4 heterocycles. The topological polar surface area (TPSA) is 99.0 Å².